The summed E-state index contributed by atoms with van der Waals surface area (Å²) in [6.07, 6.45) is 0. The Labute approximate surface area is 106 Å². The Bertz CT molecular complexity index is 497. The van der Waals surface area contributed by atoms with Crippen LogP contribution in [0.1, 0.15) is 6.04 Å². The fourth-order valence-electron chi connectivity index (χ4n) is 1.85. The number of aromatic nitrogens is 3. The lowest BCUT2D eigenvalue weighted by molar-refractivity contribution is 0.600. The molecular formula is C11H10BrN3S. The van der Waals surface area contributed by atoms with Gasteiger partial charge < -0.3 is 0 Å². The zero-order valence-corrected chi connectivity index (χ0v) is 10.9. The molecule has 1 aliphatic rings. The number of hydrogen-bond donors (Lipinski definition) is 0. The quantitative estimate of drug-likeness (QED) is 0.798. The smallest absolute Gasteiger partial charge is 0.191 e. The van der Waals surface area contributed by atoms with Gasteiger partial charge in [-0.15, -0.1) is 10.2 Å². The Morgan fingerprint density at radius 3 is 2.88 bits per heavy atom. The largest absolute Gasteiger partial charge is 0.297 e. The number of fused-ring (bicyclic) bond motifs is 1. The minimum Gasteiger partial charge on any atom is -0.297 e. The molecule has 1 atom stereocenters. The topological polar surface area (TPSA) is 30.7 Å². The highest BCUT2D eigenvalue weighted by molar-refractivity contribution is 9.09. The van der Waals surface area contributed by atoms with Gasteiger partial charge >= 0.3 is 0 Å². The molecule has 1 aromatic heterocycles. The predicted molar refractivity (Wildman–Crippen MR) is 69.0 cm³/mol. The lowest BCUT2D eigenvalue weighted by Gasteiger charge is -2.10. The van der Waals surface area contributed by atoms with Gasteiger partial charge in [-0.05, 0) is 0 Å². The van der Waals surface area contributed by atoms with Gasteiger partial charge in [-0.3, -0.25) is 4.57 Å². The lowest BCUT2D eigenvalue weighted by Crippen LogP contribution is -2.09. The van der Waals surface area contributed by atoms with Gasteiger partial charge in [0.15, 0.2) is 11.0 Å². The van der Waals surface area contributed by atoms with Crippen molar-refractivity contribution in [2.24, 2.45) is 0 Å². The van der Waals surface area contributed by atoms with Crippen LogP contribution in [0.15, 0.2) is 35.5 Å². The molecule has 0 aliphatic carbocycles. The highest BCUT2D eigenvalue weighted by atomic mass is 79.9. The van der Waals surface area contributed by atoms with Crippen LogP contribution in [-0.2, 0) is 0 Å². The number of halogens is 1. The van der Waals surface area contributed by atoms with Crippen molar-refractivity contribution < 1.29 is 0 Å². The third kappa shape index (κ3) is 1.58. The summed E-state index contributed by atoms with van der Waals surface area (Å²) in [5.74, 6) is 2.06. The van der Waals surface area contributed by atoms with Crippen LogP contribution in [-0.4, -0.2) is 25.8 Å². The van der Waals surface area contributed by atoms with Gasteiger partial charge in [-0.1, -0.05) is 58.0 Å². The molecule has 0 bridgehead atoms. The second-order valence-electron chi connectivity index (χ2n) is 3.66. The van der Waals surface area contributed by atoms with Crippen molar-refractivity contribution in [1.82, 2.24) is 14.8 Å². The Balaban J connectivity index is 2.10. The first-order valence-corrected chi connectivity index (χ1v) is 7.20. The third-order valence-electron chi connectivity index (χ3n) is 2.64. The molecule has 0 spiro atoms. The van der Waals surface area contributed by atoms with Crippen molar-refractivity contribution in [3.63, 3.8) is 0 Å². The molecule has 2 heterocycles. The maximum Gasteiger partial charge on any atom is 0.191 e. The van der Waals surface area contributed by atoms with Crippen LogP contribution in [0.2, 0.25) is 0 Å². The SMILES string of the molecule is BrCC1CSc2nnc(-c3ccccc3)n21. The van der Waals surface area contributed by atoms with E-state index in [1.165, 1.54) is 0 Å². The number of hydrogen-bond acceptors (Lipinski definition) is 3. The second kappa shape index (κ2) is 4.22. The minimum absolute atomic E-state index is 0.463. The van der Waals surface area contributed by atoms with E-state index in [0.29, 0.717) is 6.04 Å². The van der Waals surface area contributed by atoms with Gasteiger partial charge in [0.25, 0.3) is 0 Å². The molecule has 0 radical (unpaired) electrons. The zero-order valence-electron chi connectivity index (χ0n) is 8.51. The molecule has 1 unspecified atom stereocenters. The molecule has 2 aromatic rings. The first-order chi connectivity index (χ1) is 7.90. The van der Waals surface area contributed by atoms with E-state index in [2.05, 4.69) is 42.8 Å². The fraction of sp³-hybridized carbons (Fsp3) is 0.273. The standard InChI is InChI=1S/C11H10BrN3S/c12-6-9-7-16-11-14-13-10(15(9)11)8-4-2-1-3-5-8/h1-5,9H,6-7H2. The average Bonchev–Trinajstić information content (AvgIpc) is 2.90. The summed E-state index contributed by atoms with van der Waals surface area (Å²) >= 11 is 5.32. The highest BCUT2D eigenvalue weighted by Gasteiger charge is 2.27. The Morgan fingerprint density at radius 2 is 2.12 bits per heavy atom. The van der Waals surface area contributed by atoms with Gasteiger partial charge in [0.2, 0.25) is 0 Å². The van der Waals surface area contributed by atoms with Gasteiger partial charge in [-0.25, -0.2) is 0 Å². The summed E-state index contributed by atoms with van der Waals surface area (Å²) in [6.45, 7) is 0. The van der Waals surface area contributed by atoms with Crippen molar-refractivity contribution >= 4 is 27.7 Å². The number of nitrogens with zero attached hydrogens (tertiary/aromatic N) is 3. The van der Waals surface area contributed by atoms with Crippen LogP contribution in [0.3, 0.4) is 0 Å². The van der Waals surface area contributed by atoms with Crippen molar-refractivity contribution in [2.45, 2.75) is 11.2 Å². The average molecular weight is 296 g/mol. The molecule has 0 saturated heterocycles. The summed E-state index contributed by atoms with van der Waals surface area (Å²) in [6, 6.07) is 10.7. The van der Waals surface area contributed by atoms with E-state index in [1.807, 2.05) is 18.2 Å². The third-order valence-corrected chi connectivity index (χ3v) is 4.48. The van der Waals surface area contributed by atoms with E-state index in [0.717, 1.165) is 27.6 Å². The molecule has 0 fully saturated rings. The van der Waals surface area contributed by atoms with Crippen molar-refractivity contribution in [3.05, 3.63) is 30.3 Å². The van der Waals surface area contributed by atoms with Crippen LogP contribution in [0.5, 0.6) is 0 Å². The molecule has 3 nitrogen and oxygen atoms in total. The maximum atomic E-state index is 4.28. The van der Waals surface area contributed by atoms with E-state index < -0.39 is 0 Å². The first-order valence-electron chi connectivity index (χ1n) is 5.09. The molecular weight excluding hydrogens is 286 g/mol. The van der Waals surface area contributed by atoms with Gasteiger partial charge in [0.1, 0.15) is 0 Å². The predicted octanol–water partition coefficient (Wildman–Crippen LogP) is 2.99. The van der Waals surface area contributed by atoms with E-state index in [4.69, 9.17) is 0 Å². The van der Waals surface area contributed by atoms with E-state index in [9.17, 15) is 0 Å². The van der Waals surface area contributed by atoms with Crippen LogP contribution in [0.25, 0.3) is 11.4 Å². The zero-order chi connectivity index (χ0) is 11.0. The van der Waals surface area contributed by atoms with Crippen LogP contribution in [0, 0.1) is 0 Å². The van der Waals surface area contributed by atoms with Gasteiger partial charge in [0, 0.05) is 16.6 Å². The Hall–Kier alpha value is -0.810. The summed E-state index contributed by atoms with van der Waals surface area (Å²) < 4.78 is 2.23. The number of rotatable bonds is 2. The fourth-order valence-corrected chi connectivity index (χ4v) is 3.75. The normalized spacial score (nSPS) is 18.7. The maximum absolute atomic E-state index is 4.28. The summed E-state index contributed by atoms with van der Waals surface area (Å²) in [4.78, 5) is 0. The van der Waals surface area contributed by atoms with Crippen molar-refractivity contribution in [2.75, 3.05) is 11.1 Å². The van der Waals surface area contributed by atoms with Gasteiger partial charge in [0.05, 0.1) is 6.04 Å². The van der Waals surface area contributed by atoms with E-state index in [-0.39, 0.29) is 0 Å². The number of benzene rings is 1. The van der Waals surface area contributed by atoms with E-state index >= 15 is 0 Å². The molecule has 0 amide bonds. The molecule has 5 heteroatoms. The molecule has 3 rings (SSSR count). The summed E-state index contributed by atoms with van der Waals surface area (Å²) in [5, 5.41) is 10.5. The molecule has 16 heavy (non-hydrogen) atoms. The van der Waals surface area contributed by atoms with E-state index in [1.54, 1.807) is 11.8 Å². The molecule has 0 N–H and O–H groups in total. The van der Waals surface area contributed by atoms with Crippen LogP contribution in [0.4, 0.5) is 0 Å². The molecule has 0 saturated carbocycles. The highest BCUT2D eigenvalue weighted by Crippen LogP contribution is 2.36. The van der Waals surface area contributed by atoms with Gasteiger partial charge in [-0.2, -0.15) is 0 Å². The van der Waals surface area contributed by atoms with Crippen LogP contribution >= 0.6 is 27.7 Å². The van der Waals surface area contributed by atoms with Crippen molar-refractivity contribution in [3.8, 4) is 11.4 Å². The summed E-state index contributed by atoms with van der Waals surface area (Å²) in [5.41, 5.74) is 1.13. The second-order valence-corrected chi connectivity index (χ2v) is 5.30. The molecule has 1 aromatic carbocycles. The Morgan fingerprint density at radius 1 is 1.31 bits per heavy atom. The molecule has 82 valence electrons. The number of alkyl halides is 1. The van der Waals surface area contributed by atoms with Crippen molar-refractivity contribution in [1.29, 1.82) is 0 Å². The summed E-state index contributed by atoms with van der Waals surface area (Å²) in [7, 11) is 0. The Kier molecular flexibility index (Phi) is 2.73. The minimum atomic E-state index is 0.463. The monoisotopic (exact) mass is 295 g/mol. The first kappa shape index (κ1) is 10.4. The lowest BCUT2D eigenvalue weighted by atomic mass is 10.2. The van der Waals surface area contributed by atoms with Crippen LogP contribution < -0.4 is 0 Å². The molecule has 1 aliphatic heterocycles. The number of thioether (sulfide) groups is 1.